The predicted octanol–water partition coefficient (Wildman–Crippen LogP) is 5.47. The largest absolute Gasteiger partial charge is 0.493 e. The lowest BCUT2D eigenvalue weighted by Gasteiger charge is -2.11. The highest BCUT2D eigenvalue weighted by atomic mass is 32.1. The number of H-pyrrole nitrogens is 2. The Kier molecular flexibility index (Phi) is 6.49. The Balaban J connectivity index is 1.36. The number of hydrogen-bond acceptors (Lipinski definition) is 6. The van der Waals surface area contributed by atoms with Gasteiger partial charge in [0, 0.05) is 5.56 Å². The van der Waals surface area contributed by atoms with Gasteiger partial charge in [0.1, 0.15) is 12.3 Å². The first-order valence-corrected chi connectivity index (χ1v) is 11.3. The van der Waals surface area contributed by atoms with Crippen LogP contribution in [0.2, 0.25) is 0 Å². The molecule has 0 saturated heterocycles. The van der Waals surface area contributed by atoms with Crippen molar-refractivity contribution < 1.29 is 9.47 Å². The quantitative estimate of drug-likeness (QED) is 0.226. The average Bonchev–Trinajstić information content (AvgIpc) is 3.54. The zero-order valence-corrected chi connectivity index (χ0v) is 19.7. The van der Waals surface area contributed by atoms with Gasteiger partial charge in [0.15, 0.2) is 11.5 Å². The molecule has 0 saturated carbocycles. The van der Waals surface area contributed by atoms with E-state index in [0.29, 0.717) is 34.4 Å². The minimum Gasteiger partial charge on any atom is -0.493 e. The van der Waals surface area contributed by atoms with Crippen molar-refractivity contribution in [3.63, 3.8) is 0 Å². The molecule has 0 unspecified atom stereocenters. The molecule has 0 fully saturated rings. The average molecular weight is 483 g/mol. The molecule has 8 nitrogen and oxygen atoms in total. The van der Waals surface area contributed by atoms with Crippen molar-refractivity contribution in [3.05, 3.63) is 101 Å². The lowest BCUT2D eigenvalue weighted by Crippen LogP contribution is -1.99. The van der Waals surface area contributed by atoms with Gasteiger partial charge in [-0.3, -0.25) is 5.10 Å². The SMILES string of the molecule is COc1cc(/C=N/n2c(-c3cc(-c4ccccc4)n[nH]3)n[nH]c2=S)ccc1OCc1ccccc1. The third-order valence-electron chi connectivity index (χ3n) is 5.29. The first kappa shape index (κ1) is 22.3. The molecule has 174 valence electrons. The van der Waals surface area contributed by atoms with Gasteiger partial charge < -0.3 is 9.47 Å². The van der Waals surface area contributed by atoms with Crippen molar-refractivity contribution in [3.8, 4) is 34.3 Å². The molecule has 0 spiro atoms. The van der Waals surface area contributed by atoms with Crippen LogP contribution in [0.5, 0.6) is 11.5 Å². The van der Waals surface area contributed by atoms with Crippen molar-refractivity contribution in [2.75, 3.05) is 7.11 Å². The van der Waals surface area contributed by atoms with E-state index in [1.165, 1.54) is 0 Å². The van der Waals surface area contributed by atoms with Gasteiger partial charge in [-0.05, 0) is 47.6 Å². The van der Waals surface area contributed by atoms with Crippen molar-refractivity contribution in [2.24, 2.45) is 5.10 Å². The number of nitrogens with zero attached hydrogens (tertiary/aromatic N) is 4. The van der Waals surface area contributed by atoms with Crippen LogP contribution in [0, 0.1) is 4.77 Å². The molecule has 0 amide bonds. The van der Waals surface area contributed by atoms with Gasteiger partial charge in [0.25, 0.3) is 0 Å². The minimum atomic E-state index is 0.363. The van der Waals surface area contributed by atoms with Crippen LogP contribution >= 0.6 is 12.2 Å². The summed E-state index contributed by atoms with van der Waals surface area (Å²) in [6.07, 6.45) is 1.69. The number of rotatable bonds is 8. The molecule has 5 rings (SSSR count). The minimum absolute atomic E-state index is 0.363. The zero-order valence-electron chi connectivity index (χ0n) is 18.9. The molecule has 0 aliphatic heterocycles. The second kappa shape index (κ2) is 10.2. The molecule has 9 heteroatoms. The van der Waals surface area contributed by atoms with Crippen LogP contribution in [-0.2, 0) is 6.61 Å². The molecule has 3 aromatic carbocycles. The highest BCUT2D eigenvalue weighted by Gasteiger charge is 2.13. The van der Waals surface area contributed by atoms with E-state index in [0.717, 1.165) is 22.4 Å². The Morgan fingerprint density at radius 2 is 1.69 bits per heavy atom. The van der Waals surface area contributed by atoms with Crippen LogP contribution in [0.3, 0.4) is 0 Å². The first-order valence-electron chi connectivity index (χ1n) is 10.9. The van der Waals surface area contributed by atoms with Gasteiger partial charge in [0.05, 0.1) is 19.0 Å². The molecule has 35 heavy (non-hydrogen) atoms. The summed E-state index contributed by atoms with van der Waals surface area (Å²) in [6.45, 7) is 0.452. The molecule has 0 aliphatic rings. The monoisotopic (exact) mass is 482 g/mol. The van der Waals surface area contributed by atoms with Crippen LogP contribution in [0.4, 0.5) is 0 Å². The van der Waals surface area contributed by atoms with Gasteiger partial charge in [-0.1, -0.05) is 60.7 Å². The van der Waals surface area contributed by atoms with E-state index in [2.05, 4.69) is 25.5 Å². The summed E-state index contributed by atoms with van der Waals surface area (Å²) in [5, 5.41) is 19.1. The van der Waals surface area contributed by atoms with E-state index in [1.54, 1.807) is 18.0 Å². The zero-order chi connectivity index (χ0) is 24.0. The molecule has 0 bridgehead atoms. The Bertz CT molecular complexity index is 1510. The van der Waals surface area contributed by atoms with Crippen LogP contribution in [0.1, 0.15) is 11.1 Å². The van der Waals surface area contributed by atoms with Gasteiger partial charge in [-0.15, -0.1) is 0 Å². The maximum Gasteiger partial charge on any atom is 0.216 e. The molecule has 0 radical (unpaired) electrons. The maximum absolute atomic E-state index is 5.94. The van der Waals surface area contributed by atoms with Gasteiger partial charge >= 0.3 is 0 Å². The number of hydrogen-bond donors (Lipinski definition) is 2. The fourth-order valence-electron chi connectivity index (χ4n) is 3.51. The second-order valence-corrected chi connectivity index (χ2v) is 8.01. The maximum atomic E-state index is 5.94. The first-order chi connectivity index (χ1) is 17.2. The number of benzene rings is 3. The molecule has 2 aromatic heterocycles. The third-order valence-corrected chi connectivity index (χ3v) is 5.55. The Morgan fingerprint density at radius 3 is 2.46 bits per heavy atom. The second-order valence-electron chi connectivity index (χ2n) is 7.63. The van der Waals surface area contributed by atoms with Crippen molar-refractivity contribution in [2.45, 2.75) is 6.61 Å². The van der Waals surface area contributed by atoms with Crippen molar-refractivity contribution in [1.29, 1.82) is 0 Å². The highest BCUT2D eigenvalue weighted by molar-refractivity contribution is 7.71. The van der Waals surface area contributed by atoms with Gasteiger partial charge in [0.2, 0.25) is 10.6 Å². The normalized spacial score (nSPS) is 11.1. The Morgan fingerprint density at radius 1 is 0.914 bits per heavy atom. The van der Waals surface area contributed by atoms with E-state index in [4.69, 9.17) is 21.7 Å². The van der Waals surface area contributed by atoms with Crippen LogP contribution in [0.15, 0.2) is 90.0 Å². The molecule has 0 aliphatic carbocycles. The number of ether oxygens (including phenoxy) is 2. The van der Waals surface area contributed by atoms with Crippen LogP contribution in [-0.4, -0.2) is 38.4 Å². The Labute approximate surface area is 206 Å². The van der Waals surface area contributed by atoms with E-state index >= 15 is 0 Å². The standard InChI is InChI=1S/C26H22N6O2S/c1-33-24-14-19(12-13-23(24)34-17-18-8-4-2-5-9-18)16-27-32-25(30-31-26(32)35)22-15-21(28-29-22)20-10-6-3-7-11-20/h2-16H,17H2,1H3,(H,28,29)(H,31,35)/b27-16+. The summed E-state index contributed by atoms with van der Waals surface area (Å²) >= 11 is 5.39. The summed E-state index contributed by atoms with van der Waals surface area (Å²) in [5.41, 5.74) is 4.39. The van der Waals surface area contributed by atoms with Crippen LogP contribution in [0.25, 0.3) is 22.8 Å². The van der Waals surface area contributed by atoms with E-state index < -0.39 is 0 Å². The van der Waals surface area contributed by atoms with E-state index in [1.807, 2.05) is 84.9 Å². The number of methoxy groups -OCH3 is 1. The number of aromatic nitrogens is 5. The Hall–Kier alpha value is -4.50. The van der Waals surface area contributed by atoms with Gasteiger partial charge in [-0.25, -0.2) is 5.10 Å². The third kappa shape index (κ3) is 5.04. The molecular formula is C26H22N6O2S. The highest BCUT2D eigenvalue weighted by Crippen LogP contribution is 2.28. The van der Waals surface area contributed by atoms with Gasteiger partial charge in [-0.2, -0.15) is 20.0 Å². The summed E-state index contributed by atoms with van der Waals surface area (Å²) in [4.78, 5) is 0. The molecular weight excluding hydrogens is 460 g/mol. The number of aromatic amines is 2. The summed E-state index contributed by atoms with van der Waals surface area (Å²) in [7, 11) is 1.61. The summed E-state index contributed by atoms with van der Waals surface area (Å²) < 4.78 is 13.4. The molecule has 2 heterocycles. The van der Waals surface area contributed by atoms with Crippen molar-refractivity contribution >= 4 is 18.4 Å². The molecule has 0 atom stereocenters. The van der Waals surface area contributed by atoms with Crippen LogP contribution < -0.4 is 9.47 Å². The predicted molar refractivity (Wildman–Crippen MR) is 137 cm³/mol. The molecule has 5 aromatic rings. The lowest BCUT2D eigenvalue weighted by molar-refractivity contribution is 0.284. The smallest absolute Gasteiger partial charge is 0.216 e. The fraction of sp³-hybridized carbons (Fsp3) is 0.0769. The lowest BCUT2D eigenvalue weighted by atomic mass is 10.1. The van der Waals surface area contributed by atoms with Crippen molar-refractivity contribution in [1.82, 2.24) is 25.1 Å². The summed E-state index contributed by atoms with van der Waals surface area (Å²) in [5.74, 6) is 1.79. The summed E-state index contributed by atoms with van der Waals surface area (Å²) in [6, 6.07) is 27.4. The topological polar surface area (TPSA) is 93.1 Å². The van der Waals surface area contributed by atoms with E-state index in [9.17, 15) is 0 Å². The van der Waals surface area contributed by atoms with E-state index in [-0.39, 0.29) is 0 Å². The number of nitrogens with one attached hydrogen (secondary N) is 2. The molecule has 2 N–H and O–H groups in total. The fourth-order valence-corrected chi connectivity index (χ4v) is 3.69.